The Kier molecular flexibility index (Phi) is 2.41. The molecule has 3 aromatic rings. The average Bonchev–Trinajstić information content (AvgIpc) is 2.71. The van der Waals surface area contributed by atoms with Crippen molar-refractivity contribution in [1.29, 1.82) is 0 Å². The summed E-state index contributed by atoms with van der Waals surface area (Å²) in [5, 5.41) is 9.42. The van der Waals surface area contributed by atoms with Crippen molar-refractivity contribution in [3.63, 3.8) is 0 Å². The Hall–Kier alpha value is -2.14. The van der Waals surface area contributed by atoms with Crippen molar-refractivity contribution in [1.82, 2.24) is 20.0 Å². The van der Waals surface area contributed by atoms with Crippen molar-refractivity contribution in [3.8, 4) is 5.69 Å². The zero-order valence-corrected chi connectivity index (χ0v) is 10.4. The minimum absolute atomic E-state index is 0.411. The van der Waals surface area contributed by atoms with Crippen LogP contribution in [-0.2, 0) is 0 Å². The summed E-state index contributed by atoms with van der Waals surface area (Å²) >= 11 is 6.15. The van der Waals surface area contributed by atoms with Gasteiger partial charge in [0, 0.05) is 11.6 Å². The summed E-state index contributed by atoms with van der Waals surface area (Å²) in [6, 6.07) is 7.45. The lowest BCUT2D eigenvalue weighted by atomic mass is 10.2. The van der Waals surface area contributed by atoms with Crippen LogP contribution in [0, 0.1) is 6.92 Å². The van der Waals surface area contributed by atoms with Crippen LogP contribution in [0.4, 0.5) is 5.82 Å². The quantitative estimate of drug-likeness (QED) is 0.728. The second kappa shape index (κ2) is 3.96. The van der Waals surface area contributed by atoms with Crippen LogP contribution in [-0.4, -0.2) is 20.0 Å². The fourth-order valence-corrected chi connectivity index (χ4v) is 2.08. The molecule has 0 aliphatic rings. The van der Waals surface area contributed by atoms with Gasteiger partial charge in [0.15, 0.2) is 5.82 Å². The minimum Gasteiger partial charge on any atom is -0.381 e. The largest absolute Gasteiger partial charge is 0.381 e. The van der Waals surface area contributed by atoms with E-state index in [0.29, 0.717) is 10.8 Å². The van der Waals surface area contributed by atoms with Gasteiger partial charge in [-0.25, -0.2) is 4.68 Å². The fourth-order valence-electron chi connectivity index (χ4n) is 1.86. The summed E-state index contributed by atoms with van der Waals surface area (Å²) in [6.45, 7) is 1.86. The Labute approximate surface area is 108 Å². The summed E-state index contributed by atoms with van der Waals surface area (Å²) in [5.74, 6) is 0.411. The summed E-state index contributed by atoms with van der Waals surface area (Å²) < 4.78 is 1.67. The van der Waals surface area contributed by atoms with Gasteiger partial charge in [0.05, 0.1) is 21.9 Å². The van der Waals surface area contributed by atoms with E-state index in [-0.39, 0.29) is 0 Å². The molecule has 18 heavy (non-hydrogen) atoms. The van der Waals surface area contributed by atoms with Gasteiger partial charge in [0.25, 0.3) is 0 Å². The van der Waals surface area contributed by atoms with Crippen LogP contribution in [0.25, 0.3) is 16.6 Å². The van der Waals surface area contributed by atoms with Gasteiger partial charge in [-0.1, -0.05) is 16.8 Å². The molecule has 6 heteroatoms. The predicted octanol–water partition coefficient (Wildman–Crippen LogP) is 2.36. The third-order valence-corrected chi connectivity index (χ3v) is 3.18. The Morgan fingerprint density at radius 3 is 2.83 bits per heavy atom. The molecule has 0 unspecified atom stereocenters. The number of hydrogen-bond acceptors (Lipinski definition) is 4. The van der Waals surface area contributed by atoms with Crippen LogP contribution in [0.15, 0.2) is 30.5 Å². The first kappa shape index (κ1) is 11.0. The zero-order valence-electron chi connectivity index (χ0n) is 9.63. The van der Waals surface area contributed by atoms with Crippen LogP contribution in [0.5, 0.6) is 0 Å². The van der Waals surface area contributed by atoms with E-state index in [4.69, 9.17) is 17.3 Å². The topological polar surface area (TPSA) is 69.6 Å². The molecule has 0 saturated heterocycles. The number of rotatable bonds is 1. The van der Waals surface area contributed by atoms with Crippen molar-refractivity contribution in [2.45, 2.75) is 6.92 Å². The Morgan fingerprint density at radius 2 is 2.11 bits per heavy atom. The van der Waals surface area contributed by atoms with E-state index in [1.54, 1.807) is 10.9 Å². The molecule has 0 fully saturated rings. The third-order valence-electron chi connectivity index (χ3n) is 2.85. The first-order valence-corrected chi connectivity index (χ1v) is 5.77. The van der Waals surface area contributed by atoms with Crippen LogP contribution < -0.4 is 5.73 Å². The SMILES string of the molecule is Cc1c(N)nnn1-c1ccc(Cl)c2cccnc12. The molecule has 0 radical (unpaired) electrons. The number of nitrogen functional groups attached to an aromatic ring is 1. The second-order valence-electron chi connectivity index (χ2n) is 3.94. The molecule has 2 N–H and O–H groups in total. The first-order valence-electron chi connectivity index (χ1n) is 5.40. The van der Waals surface area contributed by atoms with Gasteiger partial charge >= 0.3 is 0 Å². The summed E-state index contributed by atoms with van der Waals surface area (Å²) in [7, 11) is 0. The van der Waals surface area contributed by atoms with Crippen LogP contribution in [0.2, 0.25) is 5.02 Å². The number of hydrogen-bond donors (Lipinski definition) is 1. The Bertz CT molecular complexity index is 734. The molecule has 0 spiro atoms. The number of aromatic nitrogens is 4. The summed E-state index contributed by atoms with van der Waals surface area (Å²) in [6.07, 6.45) is 1.72. The molecule has 2 aromatic heterocycles. The number of benzene rings is 1. The van der Waals surface area contributed by atoms with Gasteiger partial charge in [-0.15, -0.1) is 5.10 Å². The van der Waals surface area contributed by atoms with E-state index >= 15 is 0 Å². The minimum atomic E-state index is 0.411. The fraction of sp³-hybridized carbons (Fsp3) is 0.0833. The van der Waals surface area contributed by atoms with E-state index in [0.717, 1.165) is 22.3 Å². The molecule has 0 bridgehead atoms. The number of fused-ring (bicyclic) bond motifs is 1. The lowest BCUT2D eigenvalue weighted by Gasteiger charge is -2.07. The van der Waals surface area contributed by atoms with Crippen molar-refractivity contribution in [2.24, 2.45) is 0 Å². The molecule has 90 valence electrons. The highest BCUT2D eigenvalue weighted by Gasteiger charge is 2.12. The maximum absolute atomic E-state index is 6.15. The predicted molar refractivity (Wildman–Crippen MR) is 70.8 cm³/mol. The number of halogens is 1. The maximum atomic E-state index is 6.15. The van der Waals surface area contributed by atoms with E-state index in [2.05, 4.69) is 15.3 Å². The lowest BCUT2D eigenvalue weighted by Crippen LogP contribution is -2.01. The van der Waals surface area contributed by atoms with Crippen molar-refractivity contribution in [3.05, 3.63) is 41.2 Å². The Morgan fingerprint density at radius 1 is 1.28 bits per heavy atom. The highest BCUT2D eigenvalue weighted by Crippen LogP contribution is 2.27. The molecule has 0 aliphatic carbocycles. The standard InChI is InChI=1S/C12H10ClN5/c1-7-12(14)16-17-18(7)10-5-4-9(13)8-3-2-6-15-11(8)10/h2-6H,14H2,1H3. The van der Waals surface area contributed by atoms with Gasteiger partial charge < -0.3 is 5.73 Å². The molecule has 3 rings (SSSR count). The van der Waals surface area contributed by atoms with Crippen LogP contribution >= 0.6 is 11.6 Å². The average molecular weight is 260 g/mol. The first-order chi connectivity index (χ1) is 8.68. The van der Waals surface area contributed by atoms with E-state index < -0.39 is 0 Å². The molecule has 1 aromatic carbocycles. The monoisotopic (exact) mass is 259 g/mol. The molecular formula is C12H10ClN5. The molecular weight excluding hydrogens is 250 g/mol. The number of pyridine rings is 1. The number of anilines is 1. The molecule has 5 nitrogen and oxygen atoms in total. The van der Waals surface area contributed by atoms with Gasteiger partial charge in [-0.05, 0) is 31.2 Å². The van der Waals surface area contributed by atoms with Crippen LogP contribution in [0.1, 0.15) is 5.69 Å². The molecule has 0 aliphatic heterocycles. The Balaban J connectivity index is 2.37. The smallest absolute Gasteiger partial charge is 0.169 e. The number of nitrogens with zero attached hydrogens (tertiary/aromatic N) is 4. The highest BCUT2D eigenvalue weighted by molar-refractivity contribution is 6.35. The second-order valence-corrected chi connectivity index (χ2v) is 4.35. The normalized spacial score (nSPS) is 11.0. The van der Waals surface area contributed by atoms with Gasteiger partial charge in [-0.3, -0.25) is 4.98 Å². The molecule has 0 atom stereocenters. The number of nitrogens with two attached hydrogens (primary N) is 1. The third kappa shape index (κ3) is 1.52. The van der Waals surface area contributed by atoms with Gasteiger partial charge in [0.2, 0.25) is 0 Å². The van der Waals surface area contributed by atoms with Crippen molar-refractivity contribution < 1.29 is 0 Å². The van der Waals surface area contributed by atoms with Crippen molar-refractivity contribution >= 4 is 28.3 Å². The van der Waals surface area contributed by atoms with E-state index in [9.17, 15) is 0 Å². The summed E-state index contributed by atoms with van der Waals surface area (Å²) in [4.78, 5) is 4.35. The van der Waals surface area contributed by atoms with Gasteiger partial charge in [0.1, 0.15) is 0 Å². The highest BCUT2D eigenvalue weighted by atomic mass is 35.5. The van der Waals surface area contributed by atoms with E-state index in [1.165, 1.54) is 0 Å². The van der Waals surface area contributed by atoms with Crippen LogP contribution in [0.3, 0.4) is 0 Å². The lowest BCUT2D eigenvalue weighted by molar-refractivity contribution is 0.789. The van der Waals surface area contributed by atoms with E-state index in [1.807, 2.05) is 31.2 Å². The van der Waals surface area contributed by atoms with Crippen molar-refractivity contribution in [2.75, 3.05) is 5.73 Å². The molecule has 2 heterocycles. The zero-order chi connectivity index (χ0) is 12.7. The summed E-state index contributed by atoms with van der Waals surface area (Å²) in [5.41, 5.74) is 8.09. The molecule has 0 saturated carbocycles. The maximum Gasteiger partial charge on any atom is 0.169 e. The molecule has 0 amide bonds. The van der Waals surface area contributed by atoms with Gasteiger partial charge in [-0.2, -0.15) is 0 Å².